The summed E-state index contributed by atoms with van der Waals surface area (Å²) in [5.41, 5.74) is 1.12. The standard InChI is InChI=1S/C17H23NO3/c19-17(18-14-5-3-1-2-4-6-14)10-8-13-7-9-15-16(11-13)21-12-20-15/h7,9,11,14H,1-6,8,10,12H2,(H,18,19). The Bertz CT molecular complexity index is 493. The SMILES string of the molecule is O=C(CCc1ccc2c(c1)OCO2)NC1CCCCCC1. The first-order chi connectivity index (χ1) is 10.3. The van der Waals surface area contributed by atoms with Gasteiger partial charge in [0.05, 0.1) is 0 Å². The topological polar surface area (TPSA) is 47.6 Å². The van der Waals surface area contributed by atoms with E-state index in [1.54, 1.807) is 0 Å². The highest BCUT2D eigenvalue weighted by Gasteiger charge is 2.16. The number of hydrogen-bond donors (Lipinski definition) is 1. The molecule has 0 aromatic heterocycles. The fourth-order valence-electron chi connectivity index (χ4n) is 3.08. The normalized spacial score (nSPS) is 18.3. The van der Waals surface area contributed by atoms with Gasteiger partial charge in [0.1, 0.15) is 0 Å². The minimum absolute atomic E-state index is 0.166. The van der Waals surface area contributed by atoms with Crippen molar-refractivity contribution in [1.82, 2.24) is 5.32 Å². The van der Waals surface area contributed by atoms with Crippen LogP contribution in [0.15, 0.2) is 18.2 Å². The Morgan fingerprint density at radius 1 is 1.10 bits per heavy atom. The van der Waals surface area contributed by atoms with E-state index in [0.717, 1.165) is 36.3 Å². The van der Waals surface area contributed by atoms with Gasteiger partial charge in [0.25, 0.3) is 0 Å². The van der Waals surface area contributed by atoms with Crippen molar-refractivity contribution >= 4 is 5.91 Å². The number of carbonyl (C=O) groups excluding carboxylic acids is 1. The lowest BCUT2D eigenvalue weighted by Gasteiger charge is -2.16. The maximum atomic E-state index is 12.1. The van der Waals surface area contributed by atoms with Crippen molar-refractivity contribution in [3.05, 3.63) is 23.8 Å². The number of fused-ring (bicyclic) bond motifs is 1. The fourth-order valence-corrected chi connectivity index (χ4v) is 3.08. The quantitative estimate of drug-likeness (QED) is 0.866. The molecule has 0 unspecified atom stereocenters. The second kappa shape index (κ2) is 6.83. The average Bonchev–Trinajstić information content (AvgIpc) is 2.81. The number of benzene rings is 1. The molecular weight excluding hydrogens is 266 g/mol. The molecule has 1 amide bonds. The highest BCUT2D eigenvalue weighted by Crippen LogP contribution is 2.32. The zero-order chi connectivity index (χ0) is 14.5. The molecule has 0 saturated heterocycles. The number of aryl methyl sites for hydroxylation is 1. The molecule has 1 fully saturated rings. The second-order valence-corrected chi connectivity index (χ2v) is 5.94. The summed E-state index contributed by atoms with van der Waals surface area (Å²) in [4.78, 5) is 12.1. The van der Waals surface area contributed by atoms with Gasteiger partial charge in [0, 0.05) is 12.5 Å². The van der Waals surface area contributed by atoms with Crippen LogP contribution in [0.2, 0.25) is 0 Å². The van der Waals surface area contributed by atoms with Crippen LogP contribution in [0.3, 0.4) is 0 Å². The van der Waals surface area contributed by atoms with Crippen molar-refractivity contribution in [1.29, 1.82) is 0 Å². The zero-order valence-electron chi connectivity index (χ0n) is 12.4. The number of amides is 1. The van der Waals surface area contributed by atoms with E-state index in [0.29, 0.717) is 19.3 Å². The van der Waals surface area contributed by atoms with Crippen LogP contribution in [0.25, 0.3) is 0 Å². The molecule has 114 valence electrons. The van der Waals surface area contributed by atoms with Gasteiger partial charge in [-0.1, -0.05) is 31.7 Å². The van der Waals surface area contributed by atoms with Crippen LogP contribution in [0, 0.1) is 0 Å². The van der Waals surface area contributed by atoms with Gasteiger partial charge in [-0.15, -0.1) is 0 Å². The highest BCUT2D eigenvalue weighted by atomic mass is 16.7. The molecule has 0 bridgehead atoms. The summed E-state index contributed by atoms with van der Waals surface area (Å²) >= 11 is 0. The van der Waals surface area contributed by atoms with Crippen LogP contribution < -0.4 is 14.8 Å². The molecule has 1 aromatic rings. The van der Waals surface area contributed by atoms with E-state index in [4.69, 9.17) is 9.47 Å². The number of rotatable bonds is 4. The van der Waals surface area contributed by atoms with Crippen molar-refractivity contribution in [3.63, 3.8) is 0 Å². The molecule has 4 nitrogen and oxygen atoms in total. The van der Waals surface area contributed by atoms with E-state index in [1.165, 1.54) is 25.7 Å². The lowest BCUT2D eigenvalue weighted by molar-refractivity contribution is -0.121. The van der Waals surface area contributed by atoms with Gasteiger partial charge in [0.2, 0.25) is 12.7 Å². The summed E-state index contributed by atoms with van der Waals surface area (Å²) in [5.74, 6) is 1.75. The first-order valence-electron chi connectivity index (χ1n) is 7.99. The minimum Gasteiger partial charge on any atom is -0.454 e. The lowest BCUT2D eigenvalue weighted by atomic mass is 10.1. The molecule has 0 atom stereocenters. The van der Waals surface area contributed by atoms with Crippen LogP contribution in [0.4, 0.5) is 0 Å². The summed E-state index contributed by atoms with van der Waals surface area (Å²) in [6.45, 7) is 0.293. The Balaban J connectivity index is 1.47. The molecular formula is C17H23NO3. The Morgan fingerprint density at radius 3 is 2.67 bits per heavy atom. The number of ether oxygens (including phenoxy) is 2. The van der Waals surface area contributed by atoms with Gasteiger partial charge < -0.3 is 14.8 Å². The van der Waals surface area contributed by atoms with E-state index >= 15 is 0 Å². The minimum atomic E-state index is 0.166. The smallest absolute Gasteiger partial charge is 0.231 e. The van der Waals surface area contributed by atoms with Crippen LogP contribution >= 0.6 is 0 Å². The van der Waals surface area contributed by atoms with Crippen molar-refractivity contribution in [2.24, 2.45) is 0 Å². The van der Waals surface area contributed by atoms with Crippen LogP contribution in [0.1, 0.15) is 50.5 Å². The Labute approximate surface area is 125 Å². The number of carbonyl (C=O) groups is 1. The molecule has 0 spiro atoms. The molecule has 2 aliphatic rings. The van der Waals surface area contributed by atoms with Crippen molar-refractivity contribution < 1.29 is 14.3 Å². The first kappa shape index (κ1) is 14.2. The maximum Gasteiger partial charge on any atom is 0.231 e. The van der Waals surface area contributed by atoms with Gasteiger partial charge in [-0.25, -0.2) is 0 Å². The Kier molecular flexibility index (Phi) is 4.63. The summed E-state index contributed by atoms with van der Waals surface area (Å²) < 4.78 is 10.6. The van der Waals surface area contributed by atoms with Gasteiger partial charge >= 0.3 is 0 Å². The third-order valence-corrected chi connectivity index (χ3v) is 4.30. The molecule has 1 aliphatic carbocycles. The second-order valence-electron chi connectivity index (χ2n) is 5.94. The van der Waals surface area contributed by atoms with Gasteiger partial charge in [-0.2, -0.15) is 0 Å². The van der Waals surface area contributed by atoms with Gasteiger partial charge in [0.15, 0.2) is 11.5 Å². The van der Waals surface area contributed by atoms with Crippen molar-refractivity contribution in [2.45, 2.75) is 57.4 Å². The first-order valence-corrected chi connectivity index (χ1v) is 7.99. The van der Waals surface area contributed by atoms with E-state index in [9.17, 15) is 4.79 Å². The van der Waals surface area contributed by atoms with Gasteiger partial charge in [-0.3, -0.25) is 4.79 Å². The summed E-state index contributed by atoms with van der Waals surface area (Å²) in [5, 5.41) is 3.19. The van der Waals surface area contributed by atoms with E-state index in [1.807, 2.05) is 18.2 Å². The maximum absolute atomic E-state index is 12.1. The molecule has 3 rings (SSSR count). The largest absolute Gasteiger partial charge is 0.454 e. The molecule has 21 heavy (non-hydrogen) atoms. The Hall–Kier alpha value is -1.71. The third kappa shape index (κ3) is 3.90. The zero-order valence-corrected chi connectivity index (χ0v) is 12.4. The lowest BCUT2D eigenvalue weighted by Crippen LogP contribution is -2.34. The summed E-state index contributed by atoms with van der Waals surface area (Å²) in [6, 6.07) is 6.28. The molecule has 1 saturated carbocycles. The summed E-state index contributed by atoms with van der Waals surface area (Å²) in [7, 11) is 0. The Morgan fingerprint density at radius 2 is 1.86 bits per heavy atom. The van der Waals surface area contributed by atoms with E-state index < -0.39 is 0 Å². The monoisotopic (exact) mass is 289 g/mol. The number of nitrogens with one attached hydrogen (secondary N) is 1. The van der Waals surface area contributed by atoms with Crippen molar-refractivity contribution in [3.8, 4) is 11.5 Å². The molecule has 1 heterocycles. The van der Waals surface area contributed by atoms with E-state index in [2.05, 4.69) is 5.32 Å². The third-order valence-electron chi connectivity index (χ3n) is 4.30. The molecule has 0 radical (unpaired) electrons. The molecule has 1 N–H and O–H groups in total. The summed E-state index contributed by atoms with van der Waals surface area (Å²) in [6.07, 6.45) is 8.66. The van der Waals surface area contributed by atoms with Crippen LogP contribution in [-0.2, 0) is 11.2 Å². The predicted molar refractivity (Wildman–Crippen MR) is 80.5 cm³/mol. The number of hydrogen-bond acceptors (Lipinski definition) is 3. The highest BCUT2D eigenvalue weighted by molar-refractivity contribution is 5.76. The van der Waals surface area contributed by atoms with E-state index in [-0.39, 0.29) is 5.91 Å². The van der Waals surface area contributed by atoms with Crippen LogP contribution in [-0.4, -0.2) is 18.7 Å². The molecule has 1 aromatic carbocycles. The fraction of sp³-hybridized carbons (Fsp3) is 0.588. The van der Waals surface area contributed by atoms with Crippen molar-refractivity contribution in [2.75, 3.05) is 6.79 Å². The van der Waals surface area contributed by atoms with Crippen LogP contribution in [0.5, 0.6) is 11.5 Å². The van der Waals surface area contributed by atoms with Gasteiger partial charge in [-0.05, 0) is 37.0 Å². The average molecular weight is 289 g/mol. The molecule has 4 heteroatoms. The predicted octanol–water partition coefficient (Wildman–Crippen LogP) is 3.19. The molecule has 1 aliphatic heterocycles.